The molecule has 1 fully saturated rings. The third-order valence-electron chi connectivity index (χ3n) is 9.82. The smallest absolute Gasteiger partial charge is 0.228 e. The summed E-state index contributed by atoms with van der Waals surface area (Å²) in [4.78, 5) is 48.9. The largest absolute Gasteiger partial charge is 0.464 e. The Kier molecular flexibility index (Phi) is 9.70. The number of aromatic amines is 1. The number of amides is 3. The number of nitrogens with one attached hydrogen (secondary N) is 2. The Morgan fingerprint density at radius 2 is 1.93 bits per heavy atom. The highest BCUT2D eigenvalue weighted by molar-refractivity contribution is 5.93. The van der Waals surface area contributed by atoms with Crippen molar-refractivity contribution in [2.45, 2.75) is 79.2 Å². The molecule has 45 heavy (non-hydrogen) atoms. The lowest BCUT2D eigenvalue weighted by atomic mass is 9.67. The normalized spacial score (nSPS) is 21.3. The molecule has 0 bridgehead atoms. The Morgan fingerprint density at radius 3 is 2.62 bits per heavy atom. The Morgan fingerprint density at radius 1 is 1.16 bits per heavy atom. The van der Waals surface area contributed by atoms with Crippen LogP contribution in [-0.2, 0) is 26.3 Å². The van der Waals surface area contributed by atoms with Gasteiger partial charge in [0.25, 0.3) is 0 Å². The summed E-state index contributed by atoms with van der Waals surface area (Å²) in [5.74, 6) is -0.430. The van der Waals surface area contributed by atoms with Gasteiger partial charge in [0.1, 0.15) is 5.76 Å². The van der Waals surface area contributed by atoms with Crippen LogP contribution in [0.5, 0.6) is 0 Å². The number of fused-ring (bicyclic) bond motifs is 5. The zero-order chi connectivity index (χ0) is 32.3. The number of piperidine rings is 1. The number of rotatable bonds is 11. The van der Waals surface area contributed by atoms with Crippen LogP contribution >= 0.6 is 0 Å². The number of allylic oxidation sites excluding steroid dienone is 3. The molecule has 4 heterocycles. The lowest BCUT2D eigenvalue weighted by Gasteiger charge is -2.54. The summed E-state index contributed by atoms with van der Waals surface area (Å²) in [5.41, 5.74) is 5.68. The lowest BCUT2D eigenvalue weighted by Crippen LogP contribution is -2.64. The second kappa shape index (κ2) is 13.5. The number of hydrogen-bond donors (Lipinski definition) is 2. The minimum atomic E-state index is -0.855. The van der Waals surface area contributed by atoms with Gasteiger partial charge in [-0.05, 0) is 91.0 Å². The molecule has 1 saturated heterocycles. The first-order valence-electron chi connectivity index (χ1n) is 16.4. The van der Waals surface area contributed by atoms with Gasteiger partial charge in [0.2, 0.25) is 17.7 Å². The van der Waals surface area contributed by atoms with Gasteiger partial charge in [-0.3, -0.25) is 14.4 Å². The molecule has 0 spiro atoms. The highest BCUT2D eigenvalue weighted by atomic mass is 16.3. The fourth-order valence-corrected chi connectivity index (χ4v) is 7.26. The molecule has 240 valence electrons. The Balaban J connectivity index is 1.41. The molecule has 2 aliphatic heterocycles. The SMILES string of the molecule is CCN(CC)C(=O)[C@H]1C[C@H](CC(=O)NC/C=C(\C)CCC=C(C)C)C(=O)N2CCc3c([nH]c4cc(-c5ccco5)ccc34)[C@]12C. The molecule has 2 N–H and O–H groups in total. The molecule has 0 saturated carbocycles. The number of hydrogen-bond acceptors (Lipinski definition) is 4. The van der Waals surface area contributed by atoms with Crippen LogP contribution in [0.25, 0.3) is 22.2 Å². The summed E-state index contributed by atoms with van der Waals surface area (Å²) in [6.07, 6.45) is 8.94. The predicted octanol–water partition coefficient (Wildman–Crippen LogP) is 6.73. The van der Waals surface area contributed by atoms with Crippen molar-refractivity contribution in [1.82, 2.24) is 20.1 Å². The van der Waals surface area contributed by atoms with Crippen molar-refractivity contribution in [2.75, 3.05) is 26.2 Å². The van der Waals surface area contributed by atoms with Crippen molar-refractivity contribution in [2.24, 2.45) is 11.8 Å². The van der Waals surface area contributed by atoms with Crippen molar-refractivity contribution in [3.8, 4) is 11.3 Å². The number of benzene rings is 1. The fraction of sp³-hybridized carbons (Fsp3) is 0.486. The Bertz CT molecular complexity index is 1610. The van der Waals surface area contributed by atoms with E-state index < -0.39 is 17.4 Å². The maximum atomic E-state index is 14.2. The molecular weight excluding hydrogens is 564 g/mol. The number of H-pyrrole nitrogens is 1. The van der Waals surface area contributed by atoms with Crippen LogP contribution in [0.1, 0.15) is 78.5 Å². The molecule has 0 aliphatic carbocycles. The van der Waals surface area contributed by atoms with E-state index in [1.807, 2.05) is 48.8 Å². The quantitative estimate of drug-likeness (QED) is 0.235. The first kappa shape index (κ1) is 32.3. The second-order valence-electron chi connectivity index (χ2n) is 13.0. The maximum absolute atomic E-state index is 14.2. The Hall–Kier alpha value is -4.07. The van der Waals surface area contributed by atoms with Crippen LogP contribution in [0, 0.1) is 11.8 Å². The molecule has 8 nitrogen and oxygen atoms in total. The molecule has 8 heteroatoms. The van der Waals surface area contributed by atoms with E-state index in [0.717, 1.165) is 46.3 Å². The van der Waals surface area contributed by atoms with Crippen molar-refractivity contribution in [3.63, 3.8) is 0 Å². The van der Waals surface area contributed by atoms with E-state index in [1.165, 1.54) is 11.1 Å². The first-order valence-corrected chi connectivity index (χ1v) is 16.4. The minimum Gasteiger partial charge on any atom is -0.464 e. The molecule has 3 aromatic rings. The van der Waals surface area contributed by atoms with Crippen molar-refractivity contribution in [3.05, 3.63) is 71.2 Å². The topological polar surface area (TPSA) is 98.6 Å². The lowest BCUT2D eigenvalue weighted by molar-refractivity contribution is -0.164. The summed E-state index contributed by atoms with van der Waals surface area (Å²) in [7, 11) is 0. The predicted molar refractivity (Wildman–Crippen MR) is 178 cm³/mol. The van der Waals surface area contributed by atoms with Crippen molar-refractivity contribution >= 4 is 28.6 Å². The minimum absolute atomic E-state index is 0.0307. The third-order valence-corrected chi connectivity index (χ3v) is 9.82. The molecule has 0 unspecified atom stereocenters. The van der Waals surface area contributed by atoms with E-state index >= 15 is 0 Å². The van der Waals surface area contributed by atoms with E-state index in [9.17, 15) is 14.4 Å². The van der Waals surface area contributed by atoms with Gasteiger partial charge in [-0.2, -0.15) is 0 Å². The average molecular weight is 613 g/mol. The second-order valence-corrected chi connectivity index (χ2v) is 13.0. The molecule has 3 amide bonds. The van der Waals surface area contributed by atoms with Crippen molar-refractivity contribution < 1.29 is 18.8 Å². The number of nitrogens with zero attached hydrogens (tertiary/aromatic N) is 2. The van der Waals surface area contributed by atoms with E-state index in [-0.39, 0.29) is 24.1 Å². The number of carbonyl (C=O) groups is 3. The van der Waals surface area contributed by atoms with Gasteiger partial charge in [0.05, 0.1) is 17.7 Å². The van der Waals surface area contributed by atoms with E-state index in [4.69, 9.17) is 4.42 Å². The zero-order valence-corrected chi connectivity index (χ0v) is 27.7. The maximum Gasteiger partial charge on any atom is 0.228 e. The summed E-state index contributed by atoms with van der Waals surface area (Å²) < 4.78 is 5.64. The van der Waals surface area contributed by atoms with Gasteiger partial charge in [-0.1, -0.05) is 35.4 Å². The van der Waals surface area contributed by atoms with Gasteiger partial charge in [0, 0.05) is 60.7 Å². The summed E-state index contributed by atoms with van der Waals surface area (Å²) in [5, 5.41) is 4.10. The standard InChI is InChI=1S/C37H48N4O4/c1-7-40(8-2)36(44)30-21-27(23-33(42)38-18-16-25(5)12-9-11-24(3)4)35(43)41-19-17-29-28-15-14-26(32-13-10-20-45-32)22-31(28)39-34(29)37(30,41)6/h10-11,13-16,20,22,27,30,39H,7-9,12,17-19,21,23H2,1-6H3,(H,38,42)/b25-16+/t27-,30-,37+/m1/s1. The van der Waals surface area contributed by atoms with E-state index in [0.29, 0.717) is 39.0 Å². The number of carbonyl (C=O) groups excluding carboxylic acids is 3. The highest BCUT2D eigenvalue weighted by Crippen LogP contribution is 2.50. The molecule has 5 rings (SSSR count). The van der Waals surface area contributed by atoms with Crippen LogP contribution < -0.4 is 5.32 Å². The van der Waals surface area contributed by atoms with E-state index in [1.54, 1.807) is 6.26 Å². The monoisotopic (exact) mass is 612 g/mol. The van der Waals surface area contributed by atoms with Gasteiger partial charge in [0.15, 0.2) is 0 Å². The van der Waals surface area contributed by atoms with Gasteiger partial charge >= 0.3 is 0 Å². The van der Waals surface area contributed by atoms with Gasteiger partial charge < -0.3 is 24.5 Å². The van der Waals surface area contributed by atoms with Crippen LogP contribution in [0.15, 0.2) is 64.3 Å². The summed E-state index contributed by atoms with van der Waals surface area (Å²) in [6.45, 7) is 14.4. The highest BCUT2D eigenvalue weighted by Gasteiger charge is 2.57. The molecule has 2 aromatic heterocycles. The third kappa shape index (κ3) is 6.37. The number of aromatic nitrogens is 1. The average Bonchev–Trinajstić information content (AvgIpc) is 3.68. The fourth-order valence-electron chi connectivity index (χ4n) is 7.26. The van der Waals surface area contributed by atoms with Gasteiger partial charge in [-0.25, -0.2) is 0 Å². The van der Waals surface area contributed by atoms with E-state index in [2.05, 4.69) is 55.3 Å². The summed E-state index contributed by atoms with van der Waals surface area (Å²) >= 11 is 0. The van der Waals surface area contributed by atoms with Crippen molar-refractivity contribution in [1.29, 1.82) is 0 Å². The Labute approximate surface area is 266 Å². The number of furan rings is 1. The van der Waals surface area contributed by atoms with Crippen LogP contribution in [0.2, 0.25) is 0 Å². The molecule has 0 radical (unpaired) electrons. The molecule has 1 aromatic carbocycles. The molecule has 3 atom stereocenters. The van der Waals surface area contributed by atoms with Crippen LogP contribution in [0.4, 0.5) is 0 Å². The molecule has 2 aliphatic rings. The summed E-state index contributed by atoms with van der Waals surface area (Å²) in [6, 6.07) is 10.1. The molecular formula is C37H48N4O4. The van der Waals surface area contributed by atoms with Crippen LogP contribution in [-0.4, -0.2) is 58.7 Å². The van der Waals surface area contributed by atoms with Gasteiger partial charge in [-0.15, -0.1) is 0 Å². The zero-order valence-electron chi connectivity index (χ0n) is 27.7. The van der Waals surface area contributed by atoms with Crippen LogP contribution in [0.3, 0.4) is 0 Å². The first-order chi connectivity index (χ1) is 21.6.